The number of ether oxygens (including phenoxy) is 2. The fourth-order valence-corrected chi connectivity index (χ4v) is 2.38. The van der Waals surface area contributed by atoms with E-state index in [4.69, 9.17) is 9.47 Å². The summed E-state index contributed by atoms with van der Waals surface area (Å²) >= 11 is 0. The van der Waals surface area contributed by atoms with Crippen molar-refractivity contribution < 1.29 is 24.2 Å². The number of hydrogen-bond acceptors (Lipinski definition) is 5. The van der Waals surface area contributed by atoms with E-state index in [1.54, 1.807) is 6.92 Å². The Labute approximate surface area is 123 Å². The molecule has 0 saturated carbocycles. The van der Waals surface area contributed by atoms with Crippen molar-refractivity contribution in [3.8, 4) is 0 Å². The Balaban J connectivity index is 1.97. The first-order valence-electron chi connectivity index (χ1n) is 6.89. The van der Waals surface area contributed by atoms with Gasteiger partial charge in [0, 0.05) is 6.61 Å². The Morgan fingerprint density at radius 3 is 2.76 bits per heavy atom. The molecule has 3 atom stereocenters. The molecule has 0 aromatic heterocycles. The van der Waals surface area contributed by atoms with Crippen LogP contribution in [-0.2, 0) is 20.9 Å². The van der Waals surface area contributed by atoms with Crippen LogP contribution in [0.4, 0.5) is 4.79 Å². The van der Waals surface area contributed by atoms with Crippen LogP contribution in [0.5, 0.6) is 0 Å². The first kappa shape index (κ1) is 15.5. The van der Waals surface area contributed by atoms with E-state index in [1.165, 1.54) is 4.90 Å². The number of benzene rings is 1. The average Bonchev–Trinajstić information content (AvgIpc) is 2.83. The van der Waals surface area contributed by atoms with Crippen LogP contribution < -0.4 is 0 Å². The van der Waals surface area contributed by atoms with Gasteiger partial charge >= 0.3 is 6.09 Å². The maximum Gasteiger partial charge on any atom is 0.410 e. The van der Waals surface area contributed by atoms with E-state index in [9.17, 15) is 14.7 Å². The molecule has 1 aromatic rings. The Bertz CT molecular complexity index is 478. The molecule has 2 rings (SSSR count). The van der Waals surface area contributed by atoms with Crippen LogP contribution in [0.25, 0.3) is 0 Å². The Hall–Kier alpha value is -1.92. The van der Waals surface area contributed by atoms with Crippen LogP contribution in [0.2, 0.25) is 0 Å². The molecule has 6 nitrogen and oxygen atoms in total. The smallest absolute Gasteiger partial charge is 0.410 e. The van der Waals surface area contributed by atoms with E-state index in [-0.39, 0.29) is 13.2 Å². The van der Waals surface area contributed by atoms with Crippen LogP contribution in [-0.4, -0.2) is 53.8 Å². The highest BCUT2D eigenvalue weighted by atomic mass is 16.6. The highest BCUT2D eigenvalue weighted by Gasteiger charge is 2.44. The molecule has 1 fully saturated rings. The minimum absolute atomic E-state index is 0.0295. The second-order valence-corrected chi connectivity index (χ2v) is 4.81. The number of rotatable bonds is 5. The third-order valence-corrected chi connectivity index (χ3v) is 3.40. The van der Waals surface area contributed by atoms with Gasteiger partial charge in [0.25, 0.3) is 0 Å². The van der Waals surface area contributed by atoms with Gasteiger partial charge in [0.2, 0.25) is 0 Å². The number of aldehydes is 1. The van der Waals surface area contributed by atoms with Gasteiger partial charge in [-0.25, -0.2) is 4.79 Å². The van der Waals surface area contributed by atoms with E-state index < -0.39 is 24.3 Å². The molecule has 0 bridgehead atoms. The SMILES string of the molecule is CCO[C@H]1[C@H](O)CN(C(=O)OCc2ccccc2)[C@@H]1C=O. The molecule has 1 amide bonds. The molecule has 6 heteroatoms. The molecule has 21 heavy (non-hydrogen) atoms. The van der Waals surface area contributed by atoms with Crippen molar-refractivity contribution in [2.75, 3.05) is 13.2 Å². The molecule has 0 radical (unpaired) electrons. The van der Waals surface area contributed by atoms with Crippen molar-refractivity contribution in [3.05, 3.63) is 35.9 Å². The van der Waals surface area contributed by atoms with Crippen molar-refractivity contribution in [1.82, 2.24) is 4.90 Å². The number of carbonyl (C=O) groups excluding carboxylic acids is 2. The van der Waals surface area contributed by atoms with Gasteiger partial charge in [0.1, 0.15) is 31.1 Å². The molecule has 1 aromatic carbocycles. The zero-order chi connectivity index (χ0) is 15.2. The van der Waals surface area contributed by atoms with Crippen molar-refractivity contribution in [2.45, 2.75) is 31.8 Å². The van der Waals surface area contributed by atoms with Gasteiger partial charge < -0.3 is 19.4 Å². The summed E-state index contributed by atoms with van der Waals surface area (Å²) in [7, 11) is 0. The van der Waals surface area contributed by atoms with Gasteiger partial charge in [-0.3, -0.25) is 4.90 Å². The fourth-order valence-electron chi connectivity index (χ4n) is 2.38. The summed E-state index contributed by atoms with van der Waals surface area (Å²) in [6, 6.07) is 8.43. The summed E-state index contributed by atoms with van der Waals surface area (Å²) in [6.07, 6.45) is -1.60. The number of hydrogen-bond donors (Lipinski definition) is 1. The first-order valence-corrected chi connectivity index (χ1v) is 6.89. The van der Waals surface area contributed by atoms with Crippen molar-refractivity contribution >= 4 is 12.4 Å². The third kappa shape index (κ3) is 3.59. The fraction of sp³-hybridized carbons (Fsp3) is 0.467. The number of β-amino-alcohol motifs (C(OH)–C–C–N with tert-alkyl or cyclic N) is 1. The first-order chi connectivity index (χ1) is 10.2. The maximum absolute atomic E-state index is 12.1. The average molecular weight is 293 g/mol. The number of carbonyl (C=O) groups is 2. The zero-order valence-corrected chi connectivity index (χ0v) is 11.8. The lowest BCUT2D eigenvalue weighted by atomic mass is 10.1. The largest absolute Gasteiger partial charge is 0.445 e. The predicted molar refractivity (Wildman–Crippen MR) is 74.6 cm³/mol. The van der Waals surface area contributed by atoms with E-state index >= 15 is 0 Å². The molecule has 1 saturated heterocycles. The van der Waals surface area contributed by atoms with Gasteiger partial charge in [-0.2, -0.15) is 0 Å². The second kappa shape index (κ2) is 7.19. The summed E-state index contributed by atoms with van der Waals surface area (Å²) in [5.74, 6) is 0. The van der Waals surface area contributed by atoms with E-state index in [0.29, 0.717) is 12.9 Å². The van der Waals surface area contributed by atoms with Crippen LogP contribution in [0.3, 0.4) is 0 Å². The molecular formula is C15H19NO5. The van der Waals surface area contributed by atoms with Crippen LogP contribution in [0.15, 0.2) is 30.3 Å². The standard InChI is InChI=1S/C15H19NO5/c1-2-20-14-12(9-17)16(8-13(14)18)15(19)21-10-11-6-4-3-5-7-11/h3-7,9,12-14,18H,2,8,10H2,1H3/t12-,13-,14-/m1/s1. The van der Waals surface area contributed by atoms with Gasteiger partial charge in [0.15, 0.2) is 0 Å². The van der Waals surface area contributed by atoms with Crippen LogP contribution in [0, 0.1) is 0 Å². The summed E-state index contributed by atoms with van der Waals surface area (Å²) in [5.41, 5.74) is 0.856. The highest BCUT2D eigenvalue weighted by Crippen LogP contribution is 2.21. The molecular weight excluding hydrogens is 274 g/mol. The number of nitrogens with zero attached hydrogens (tertiary/aromatic N) is 1. The predicted octanol–water partition coefficient (Wildman–Crippen LogP) is 0.972. The van der Waals surface area contributed by atoms with Crippen molar-refractivity contribution in [1.29, 1.82) is 0 Å². The molecule has 1 aliphatic heterocycles. The summed E-state index contributed by atoms with van der Waals surface area (Å²) in [5, 5.41) is 9.89. The van der Waals surface area contributed by atoms with Crippen LogP contribution in [0.1, 0.15) is 12.5 Å². The molecule has 114 valence electrons. The Morgan fingerprint density at radius 2 is 2.14 bits per heavy atom. The molecule has 1 heterocycles. The Morgan fingerprint density at radius 1 is 1.43 bits per heavy atom. The quantitative estimate of drug-likeness (QED) is 0.819. The number of amides is 1. The lowest BCUT2D eigenvalue weighted by molar-refractivity contribution is -0.116. The zero-order valence-electron chi connectivity index (χ0n) is 11.8. The van der Waals surface area contributed by atoms with Gasteiger partial charge in [0.05, 0.1) is 6.54 Å². The van der Waals surface area contributed by atoms with E-state index in [2.05, 4.69) is 0 Å². The van der Waals surface area contributed by atoms with Gasteiger partial charge in [-0.15, -0.1) is 0 Å². The third-order valence-electron chi connectivity index (χ3n) is 3.40. The highest BCUT2D eigenvalue weighted by molar-refractivity contribution is 5.75. The van der Waals surface area contributed by atoms with Crippen LogP contribution >= 0.6 is 0 Å². The summed E-state index contributed by atoms with van der Waals surface area (Å²) in [4.78, 5) is 24.5. The van der Waals surface area contributed by atoms with Crippen molar-refractivity contribution in [2.24, 2.45) is 0 Å². The van der Waals surface area contributed by atoms with Gasteiger partial charge in [-0.1, -0.05) is 30.3 Å². The summed E-state index contributed by atoms with van der Waals surface area (Å²) in [6.45, 7) is 2.28. The molecule has 1 aliphatic rings. The lowest BCUT2D eigenvalue weighted by Gasteiger charge is -2.22. The Kier molecular flexibility index (Phi) is 5.30. The topological polar surface area (TPSA) is 76.1 Å². The molecule has 0 unspecified atom stereocenters. The monoisotopic (exact) mass is 293 g/mol. The number of aliphatic hydroxyl groups is 1. The molecule has 0 aliphatic carbocycles. The van der Waals surface area contributed by atoms with Crippen molar-refractivity contribution in [3.63, 3.8) is 0 Å². The van der Waals surface area contributed by atoms with E-state index in [0.717, 1.165) is 5.56 Å². The normalized spacial score (nSPS) is 24.9. The maximum atomic E-state index is 12.1. The molecule has 1 N–H and O–H groups in total. The molecule has 0 spiro atoms. The lowest BCUT2D eigenvalue weighted by Crippen LogP contribution is -2.42. The summed E-state index contributed by atoms with van der Waals surface area (Å²) < 4.78 is 10.5. The minimum atomic E-state index is -0.885. The minimum Gasteiger partial charge on any atom is -0.445 e. The number of likely N-dealkylation sites (tertiary alicyclic amines) is 1. The number of aliphatic hydroxyl groups excluding tert-OH is 1. The van der Waals surface area contributed by atoms with E-state index in [1.807, 2.05) is 30.3 Å². The second-order valence-electron chi connectivity index (χ2n) is 4.81. The van der Waals surface area contributed by atoms with Gasteiger partial charge in [-0.05, 0) is 12.5 Å².